The molecule has 21 heavy (non-hydrogen) atoms. The lowest BCUT2D eigenvalue weighted by molar-refractivity contribution is 0.414. The zero-order valence-corrected chi connectivity index (χ0v) is 13.0. The van der Waals surface area contributed by atoms with Crippen LogP contribution in [0, 0.1) is 0 Å². The topological polar surface area (TPSA) is 55.4 Å². The quantitative estimate of drug-likeness (QED) is 0.890. The molecular weight excluding hydrogens is 286 g/mol. The van der Waals surface area contributed by atoms with Gasteiger partial charge in [0.2, 0.25) is 0 Å². The molecule has 0 saturated heterocycles. The molecule has 0 aromatic heterocycles. The summed E-state index contributed by atoms with van der Waals surface area (Å²) in [4.78, 5) is 0.349. The largest absolute Gasteiger partial charge is 0.497 e. The SMILES string of the molecule is COc1ccc(CNCc2ccc(S(C)(=O)=O)cc2)cc1. The van der Waals surface area contributed by atoms with E-state index in [1.807, 2.05) is 36.4 Å². The number of ether oxygens (including phenoxy) is 1. The van der Waals surface area contributed by atoms with Gasteiger partial charge in [0.1, 0.15) is 5.75 Å². The molecule has 5 heteroatoms. The van der Waals surface area contributed by atoms with Crippen molar-refractivity contribution in [1.82, 2.24) is 5.32 Å². The first-order valence-corrected chi connectivity index (χ1v) is 8.51. The molecule has 0 spiro atoms. The van der Waals surface area contributed by atoms with Crippen molar-refractivity contribution in [3.63, 3.8) is 0 Å². The lowest BCUT2D eigenvalue weighted by Gasteiger charge is -2.07. The maximum atomic E-state index is 11.4. The van der Waals surface area contributed by atoms with Gasteiger partial charge in [-0.05, 0) is 35.4 Å². The molecule has 0 saturated carbocycles. The van der Waals surface area contributed by atoms with Gasteiger partial charge in [-0.1, -0.05) is 24.3 Å². The van der Waals surface area contributed by atoms with E-state index in [2.05, 4.69) is 5.32 Å². The predicted octanol–water partition coefficient (Wildman–Crippen LogP) is 2.39. The Hall–Kier alpha value is -1.85. The van der Waals surface area contributed by atoms with Gasteiger partial charge in [0, 0.05) is 19.3 Å². The van der Waals surface area contributed by atoms with E-state index in [0.717, 1.165) is 17.9 Å². The van der Waals surface area contributed by atoms with Gasteiger partial charge in [0.25, 0.3) is 0 Å². The molecule has 0 aliphatic rings. The molecular formula is C16H19NO3S. The second-order valence-corrected chi connectivity index (χ2v) is 6.88. The Balaban J connectivity index is 1.88. The van der Waals surface area contributed by atoms with Gasteiger partial charge in [-0.25, -0.2) is 8.42 Å². The van der Waals surface area contributed by atoms with Crippen LogP contribution in [0.3, 0.4) is 0 Å². The van der Waals surface area contributed by atoms with Crippen LogP contribution >= 0.6 is 0 Å². The smallest absolute Gasteiger partial charge is 0.175 e. The first kappa shape index (κ1) is 15.5. The van der Waals surface area contributed by atoms with Crippen molar-refractivity contribution in [3.05, 3.63) is 59.7 Å². The van der Waals surface area contributed by atoms with E-state index >= 15 is 0 Å². The third kappa shape index (κ3) is 4.58. The number of rotatable bonds is 6. The molecule has 0 aliphatic carbocycles. The zero-order valence-electron chi connectivity index (χ0n) is 12.2. The van der Waals surface area contributed by atoms with Gasteiger partial charge < -0.3 is 10.1 Å². The van der Waals surface area contributed by atoms with E-state index in [9.17, 15) is 8.42 Å². The Morgan fingerprint density at radius 3 is 1.81 bits per heavy atom. The number of hydrogen-bond donors (Lipinski definition) is 1. The first-order valence-electron chi connectivity index (χ1n) is 6.62. The van der Waals surface area contributed by atoms with Gasteiger partial charge >= 0.3 is 0 Å². The Kier molecular flexibility index (Phi) is 4.98. The Bertz CT molecular complexity index is 676. The van der Waals surface area contributed by atoms with Crippen molar-refractivity contribution in [2.24, 2.45) is 0 Å². The van der Waals surface area contributed by atoms with E-state index in [1.54, 1.807) is 19.2 Å². The fraction of sp³-hybridized carbons (Fsp3) is 0.250. The second-order valence-electron chi connectivity index (χ2n) is 4.87. The number of nitrogens with one attached hydrogen (secondary N) is 1. The highest BCUT2D eigenvalue weighted by Crippen LogP contribution is 2.12. The van der Waals surface area contributed by atoms with Crippen molar-refractivity contribution in [3.8, 4) is 5.75 Å². The average Bonchev–Trinajstić information content (AvgIpc) is 2.47. The minimum Gasteiger partial charge on any atom is -0.497 e. The van der Waals surface area contributed by atoms with Crippen LogP contribution in [-0.2, 0) is 22.9 Å². The minimum atomic E-state index is -3.12. The molecule has 2 aromatic carbocycles. The number of benzene rings is 2. The average molecular weight is 305 g/mol. The van der Waals surface area contributed by atoms with Gasteiger partial charge in [0.15, 0.2) is 9.84 Å². The molecule has 0 amide bonds. The predicted molar refractivity (Wildman–Crippen MR) is 83.1 cm³/mol. The Morgan fingerprint density at radius 1 is 0.905 bits per heavy atom. The summed E-state index contributed by atoms with van der Waals surface area (Å²) in [5, 5.41) is 3.32. The van der Waals surface area contributed by atoms with E-state index in [-0.39, 0.29) is 0 Å². The highest BCUT2D eigenvalue weighted by atomic mass is 32.2. The summed E-state index contributed by atoms with van der Waals surface area (Å²) < 4.78 is 27.9. The molecule has 2 rings (SSSR count). The molecule has 0 atom stereocenters. The van der Waals surface area contributed by atoms with Crippen LogP contribution < -0.4 is 10.1 Å². The van der Waals surface area contributed by atoms with Crippen LogP contribution in [0.15, 0.2) is 53.4 Å². The summed E-state index contributed by atoms with van der Waals surface area (Å²) in [5.74, 6) is 0.843. The van der Waals surface area contributed by atoms with Crippen LogP contribution in [0.2, 0.25) is 0 Å². The Labute approximate surface area is 125 Å². The van der Waals surface area contributed by atoms with E-state index in [0.29, 0.717) is 11.4 Å². The highest BCUT2D eigenvalue weighted by Gasteiger charge is 2.05. The standard InChI is InChI=1S/C16H19NO3S/c1-20-15-7-3-13(4-8-15)11-17-12-14-5-9-16(10-6-14)21(2,18)19/h3-10,17H,11-12H2,1-2H3. The van der Waals surface area contributed by atoms with E-state index < -0.39 is 9.84 Å². The van der Waals surface area contributed by atoms with Crippen molar-refractivity contribution in [2.75, 3.05) is 13.4 Å². The van der Waals surface area contributed by atoms with Crippen LogP contribution in [0.25, 0.3) is 0 Å². The number of methoxy groups -OCH3 is 1. The van der Waals surface area contributed by atoms with Crippen LogP contribution in [0.1, 0.15) is 11.1 Å². The third-order valence-corrected chi connectivity index (χ3v) is 4.30. The lowest BCUT2D eigenvalue weighted by atomic mass is 10.2. The zero-order chi connectivity index (χ0) is 15.3. The summed E-state index contributed by atoms with van der Waals surface area (Å²) in [5.41, 5.74) is 2.22. The molecule has 0 bridgehead atoms. The van der Waals surface area contributed by atoms with Crippen LogP contribution in [0.5, 0.6) is 5.75 Å². The fourth-order valence-electron chi connectivity index (χ4n) is 1.95. The molecule has 4 nitrogen and oxygen atoms in total. The minimum absolute atomic E-state index is 0.349. The van der Waals surface area contributed by atoms with Crippen molar-refractivity contribution < 1.29 is 13.2 Å². The molecule has 1 N–H and O–H groups in total. The molecule has 0 heterocycles. The van der Waals surface area contributed by atoms with Crippen LogP contribution in [-0.4, -0.2) is 21.8 Å². The summed E-state index contributed by atoms with van der Waals surface area (Å²) >= 11 is 0. The van der Waals surface area contributed by atoms with E-state index in [4.69, 9.17) is 4.74 Å². The van der Waals surface area contributed by atoms with Crippen molar-refractivity contribution >= 4 is 9.84 Å². The van der Waals surface area contributed by atoms with Crippen LogP contribution in [0.4, 0.5) is 0 Å². The maximum Gasteiger partial charge on any atom is 0.175 e. The fourth-order valence-corrected chi connectivity index (χ4v) is 2.58. The maximum absolute atomic E-state index is 11.4. The summed E-state index contributed by atoms with van der Waals surface area (Å²) in [7, 11) is -1.48. The lowest BCUT2D eigenvalue weighted by Crippen LogP contribution is -2.12. The molecule has 2 aromatic rings. The van der Waals surface area contributed by atoms with Crippen molar-refractivity contribution in [1.29, 1.82) is 0 Å². The normalized spacial score (nSPS) is 11.3. The Morgan fingerprint density at radius 2 is 1.38 bits per heavy atom. The second kappa shape index (κ2) is 6.74. The van der Waals surface area contributed by atoms with Gasteiger partial charge in [-0.3, -0.25) is 0 Å². The first-order chi connectivity index (χ1) is 9.99. The third-order valence-electron chi connectivity index (χ3n) is 3.17. The molecule has 0 aliphatic heterocycles. The number of sulfone groups is 1. The van der Waals surface area contributed by atoms with Gasteiger partial charge in [0.05, 0.1) is 12.0 Å². The number of hydrogen-bond acceptors (Lipinski definition) is 4. The summed E-state index contributed by atoms with van der Waals surface area (Å²) in [6.45, 7) is 1.44. The van der Waals surface area contributed by atoms with Gasteiger partial charge in [-0.15, -0.1) is 0 Å². The van der Waals surface area contributed by atoms with Gasteiger partial charge in [-0.2, -0.15) is 0 Å². The summed E-state index contributed by atoms with van der Waals surface area (Å²) in [6, 6.07) is 14.8. The van der Waals surface area contributed by atoms with Crippen molar-refractivity contribution in [2.45, 2.75) is 18.0 Å². The highest BCUT2D eigenvalue weighted by molar-refractivity contribution is 7.90. The molecule has 0 radical (unpaired) electrons. The summed E-state index contributed by atoms with van der Waals surface area (Å²) in [6.07, 6.45) is 1.21. The molecule has 112 valence electrons. The van der Waals surface area contributed by atoms with E-state index in [1.165, 1.54) is 11.8 Å². The monoisotopic (exact) mass is 305 g/mol. The molecule has 0 fully saturated rings. The molecule has 0 unspecified atom stereocenters.